The van der Waals surface area contributed by atoms with Crippen LogP contribution in [0.25, 0.3) is 21.9 Å². The Morgan fingerprint density at radius 2 is 1.92 bits per heavy atom. The number of methoxy groups -OCH3 is 1. The van der Waals surface area contributed by atoms with Crippen molar-refractivity contribution in [2.24, 2.45) is 5.92 Å². The monoisotopic (exact) mass is 700 g/mol. The Balaban J connectivity index is 1.28. The fourth-order valence-corrected chi connectivity index (χ4v) is 7.63. The van der Waals surface area contributed by atoms with Gasteiger partial charge < -0.3 is 39.4 Å². The number of benzene rings is 2. The molecule has 4 heterocycles. The SMILES string of the molecule is COc1nc(N)nc2c1ncn2C1O[C@H](COP(=O)(NC(C(=O)OC2CCOCC2)C(C)C)Oc2cccc3ccccc23)[C@@H](O)[C@@]1(C)O. The predicted molar refractivity (Wildman–Crippen MR) is 177 cm³/mol. The summed E-state index contributed by atoms with van der Waals surface area (Å²) in [6.07, 6.45) is -1.89. The summed E-state index contributed by atoms with van der Waals surface area (Å²) >= 11 is 0. The number of anilines is 1. The lowest BCUT2D eigenvalue weighted by Gasteiger charge is -2.30. The van der Waals surface area contributed by atoms with Gasteiger partial charge in [0, 0.05) is 18.2 Å². The summed E-state index contributed by atoms with van der Waals surface area (Å²) in [7, 11) is -3.04. The van der Waals surface area contributed by atoms with Crippen molar-refractivity contribution < 1.29 is 47.6 Å². The van der Waals surface area contributed by atoms with E-state index in [1.807, 2.05) is 24.3 Å². The van der Waals surface area contributed by atoms with Crippen LogP contribution in [-0.4, -0.2) is 92.6 Å². The molecule has 2 aliphatic rings. The van der Waals surface area contributed by atoms with Crippen molar-refractivity contribution in [1.82, 2.24) is 24.6 Å². The minimum absolute atomic E-state index is 0.100. The van der Waals surface area contributed by atoms with E-state index in [0.29, 0.717) is 31.4 Å². The Morgan fingerprint density at radius 3 is 2.65 bits per heavy atom. The van der Waals surface area contributed by atoms with Crippen LogP contribution in [0.1, 0.15) is 39.8 Å². The van der Waals surface area contributed by atoms with E-state index in [-0.39, 0.29) is 40.8 Å². The molecule has 0 aliphatic carbocycles. The van der Waals surface area contributed by atoms with E-state index in [1.54, 1.807) is 32.0 Å². The molecule has 6 rings (SSSR count). The minimum Gasteiger partial charge on any atom is -0.479 e. The molecule has 17 heteroatoms. The van der Waals surface area contributed by atoms with Crippen LogP contribution < -0.4 is 20.1 Å². The molecular weight excluding hydrogens is 659 g/mol. The molecule has 2 aliphatic heterocycles. The van der Waals surface area contributed by atoms with Gasteiger partial charge in [0.1, 0.15) is 35.7 Å². The van der Waals surface area contributed by atoms with Crippen molar-refractivity contribution in [3.63, 3.8) is 0 Å². The predicted octanol–water partition coefficient (Wildman–Crippen LogP) is 3.12. The first-order valence-electron chi connectivity index (χ1n) is 16.0. The molecule has 16 nitrogen and oxygen atoms in total. The molecule has 2 fully saturated rings. The van der Waals surface area contributed by atoms with Gasteiger partial charge in [0.05, 0.1) is 33.3 Å². The molecule has 6 atom stereocenters. The van der Waals surface area contributed by atoms with Gasteiger partial charge >= 0.3 is 13.7 Å². The lowest BCUT2D eigenvalue weighted by molar-refractivity contribution is -0.156. The zero-order valence-corrected chi connectivity index (χ0v) is 28.5. The third-order valence-corrected chi connectivity index (χ3v) is 10.2. The molecule has 0 bridgehead atoms. The number of imidazole rings is 1. The number of fused-ring (bicyclic) bond motifs is 2. The summed E-state index contributed by atoms with van der Waals surface area (Å²) in [6.45, 7) is 5.35. The fourth-order valence-electron chi connectivity index (χ4n) is 5.94. The van der Waals surface area contributed by atoms with Gasteiger partial charge in [-0.3, -0.25) is 13.9 Å². The Morgan fingerprint density at radius 1 is 1.18 bits per heavy atom. The number of carbonyl (C=O) groups is 1. The molecule has 2 saturated heterocycles. The normalized spacial score (nSPS) is 25.0. The number of nitrogens with two attached hydrogens (primary N) is 1. The number of nitrogens with zero attached hydrogens (tertiary/aromatic N) is 4. The van der Waals surface area contributed by atoms with Crippen LogP contribution in [0.4, 0.5) is 5.95 Å². The van der Waals surface area contributed by atoms with Crippen LogP contribution >= 0.6 is 7.75 Å². The number of rotatable bonds is 12. The third-order valence-electron chi connectivity index (χ3n) is 8.65. The van der Waals surface area contributed by atoms with Crippen LogP contribution in [0.3, 0.4) is 0 Å². The van der Waals surface area contributed by atoms with Gasteiger partial charge in [-0.15, -0.1) is 0 Å². The Hall–Kier alpha value is -3.89. The Kier molecular flexibility index (Phi) is 10.1. The second-order valence-corrected chi connectivity index (χ2v) is 14.3. The number of aliphatic hydroxyl groups is 2. The molecule has 0 amide bonds. The zero-order chi connectivity index (χ0) is 34.9. The molecular formula is C32H41N6O10P. The fraction of sp³-hybridized carbons (Fsp3) is 0.500. The molecule has 264 valence electrons. The maximum atomic E-state index is 14.7. The van der Waals surface area contributed by atoms with Crippen molar-refractivity contribution in [2.45, 2.75) is 69.8 Å². The number of hydrogen-bond donors (Lipinski definition) is 4. The highest BCUT2D eigenvalue weighted by atomic mass is 31.2. The largest absolute Gasteiger partial charge is 0.479 e. The number of esters is 1. The van der Waals surface area contributed by atoms with E-state index in [4.69, 9.17) is 33.7 Å². The highest BCUT2D eigenvalue weighted by Gasteiger charge is 2.54. The van der Waals surface area contributed by atoms with Gasteiger partial charge in [-0.05, 0) is 24.3 Å². The van der Waals surface area contributed by atoms with Gasteiger partial charge in [-0.2, -0.15) is 15.1 Å². The summed E-state index contributed by atoms with van der Waals surface area (Å²) in [5.74, 6) is -0.747. The first-order valence-corrected chi connectivity index (χ1v) is 17.5. The number of hydrogen-bond acceptors (Lipinski definition) is 14. The standard InChI is InChI=1S/C32H41N6O10P/c1-18(2)24(29(40)46-20-12-14-44-15-13-20)37-49(42,48-22-11-7-9-19-8-5-6-10-21(19)22)45-16-23-26(39)32(3,41)30(47-23)38-17-34-25-27(38)35-31(33)36-28(25)43-4/h5-11,17-18,20,23-24,26,30,39,41H,12-16H2,1-4H3,(H,37,42)(H2,33,35,36)/t23-,24?,26-,30?,32-,49?/m1/s1. The van der Waals surface area contributed by atoms with Gasteiger partial charge in [0.15, 0.2) is 17.4 Å². The zero-order valence-electron chi connectivity index (χ0n) is 27.6. The van der Waals surface area contributed by atoms with E-state index >= 15 is 0 Å². The molecule has 2 aromatic carbocycles. The number of nitrogens with one attached hydrogen (secondary N) is 1. The number of nitrogen functional groups attached to an aromatic ring is 1. The van der Waals surface area contributed by atoms with Crippen molar-refractivity contribution in [3.8, 4) is 11.6 Å². The van der Waals surface area contributed by atoms with Crippen LogP contribution in [0.2, 0.25) is 0 Å². The average Bonchev–Trinajstić information content (AvgIpc) is 3.59. The number of aliphatic hydroxyl groups excluding tert-OH is 1. The second kappa shape index (κ2) is 14.2. The van der Waals surface area contributed by atoms with Crippen molar-refractivity contribution in [3.05, 3.63) is 48.8 Å². The van der Waals surface area contributed by atoms with Crippen LogP contribution in [0, 0.1) is 5.92 Å². The van der Waals surface area contributed by atoms with Gasteiger partial charge in [0.25, 0.3) is 0 Å². The lowest BCUT2D eigenvalue weighted by Crippen LogP contribution is -2.45. The molecule has 5 N–H and O–H groups in total. The second-order valence-electron chi connectivity index (χ2n) is 12.6. The van der Waals surface area contributed by atoms with Crippen molar-refractivity contribution in [1.29, 1.82) is 0 Å². The first kappa shape index (κ1) is 35.0. The summed E-state index contributed by atoms with van der Waals surface area (Å²) < 4.78 is 50.7. The van der Waals surface area contributed by atoms with Crippen molar-refractivity contribution >= 4 is 41.6 Å². The summed E-state index contributed by atoms with van der Waals surface area (Å²) in [5.41, 5.74) is 4.42. The maximum Gasteiger partial charge on any atom is 0.459 e. The Labute approximate surface area is 282 Å². The minimum atomic E-state index is -4.44. The van der Waals surface area contributed by atoms with Crippen molar-refractivity contribution in [2.75, 3.05) is 32.7 Å². The Bertz CT molecular complexity index is 1840. The van der Waals surface area contributed by atoms with E-state index in [0.717, 1.165) is 5.39 Å². The van der Waals surface area contributed by atoms with Crippen LogP contribution in [-0.2, 0) is 28.1 Å². The first-order chi connectivity index (χ1) is 23.4. The molecule has 3 unspecified atom stereocenters. The molecule has 4 aromatic rings. The van der Waals surface area contributed by atoms with E-state index in [2.05, 4.69) is 20.0 Å². The molecule has 2 aromatic heterocycles. The van der Waals surface area contributed by atoms with Gasteiger partial charge in [-0.25, -0.2) is 9.55 Å². The summed E-state index contributed by atoms with van der Waals surface area (Å²) in [4.78, 5) is 26.0. The van der Waals surface area contributed by atoms with Gasteiger partial charge in [-0.1, -0.05) is 50.2 Å². The van der Waals surface area contributed by atoms with Crippen LogP contribution in [0.15, 0.2) is 48.8 Å². The smallest absolute Gasteiger partial charge is 0.459 e. The van der Waals surface area contributed by atoms with Gasteiger partial charge in [0.2, 0.25) is 11.8 Å². The quantitative estimate of drug-likeness (QED) is 0.124. The highest BCUT2D eigenvalue weighted by Crippen LogP contribution is 2.49. The summed E-state index contributed by atoms with van der Waals surface area (Å²) in [5, 5.41) is 27.1. The molecule has 0 radical (unpaired) electrons. The lowest BCUT2D eigenvalue weighted by atomic mass is 9.96. The highest BCUT2D eigenvalue weighted by molar-refractivity contribution is 7.52. The summed E-state index contributed by atoms with van der Waals surface area (Å²) in [6, 6.07) is 11.5. The molecule has 0 spiro atoms. The molecule has 49 heavy (non-hydrogen) atoms. The van der Waals surface area contributed by atoms with E-state index in [1.165, 1.54) is 24.9 Å². The van der Waals surface area contributed by atoms with E-state index in [9.17, 15) is 19.6 Å². The number of carbonyl (C=O) groups excluding carboxylic acids is 1. The van der Waals surface area contributed by atoms with Crippen LogP contribution in [0.5, 0.6) is 11.6 Å². The topological polar surface area (TPSA) is 212 Å². The van der Waals surface area contributed by atoms with E-state index < -0.39 is 50.4 Å². The average molecular weight is 701 g/mol. The molecule has 0 saturated carbocycles. The number of ether oxygens (including phenoxy) is 4. The third kappa shape index (κ3) is 7.22. The maximum absolute atomic E-state index is 14.7. The number of aromatic nitrogens is 4.